The number of anilines is 2. The van der Waals surface area contributed by atoms with Gasteiger partial charge in [-0.3, -0.25) is 0 Å². The van der Waals surface area contributed by atoms with Crippen LogP contribution in [-0.2, 0) is 0 Å². The number of carbonyl (C=O) groups excluding carboxylic acids is 1. The molecule has 1 heterocycles. The van der Waals surface area contributed by atoms with Crippen molar-refractivity contribution in [3.63, 3.8) is 0 Å². The SMILES string of the molecule is Cc1ccc(-n2nc(C)c(NC(=O)Nc3ccc(Cl)c(Cl)c3)c2C)cc1. The van der Waals surface area contributed by atoms with Crippen molar-refractivity contribution in [2.75, 3.05) is 10.6 Å². The molecule has 0 radical (unpaired) electrons. The van der Waals surface area contributed by atoms with E-state index in [1.54, 1.807) is 18.2 Å². The highest BCUT2D eigenvalue weighted by Crippen LogP contribution is 2.26. The number of benzene rings is 2. The third kappa shape index (κ3) is 3.84. The predicted octanol–water partition coefficient (Wildman–Crippen LogP) is 5.75. The molecule has 2 N–H and O–H groups in total. The first kappa shape index (κ1) is 18.3. The topological polar surface area (TPSA) is 59.0 Å². The van der Waals surface area contributed by atoms with Crippen molar-refractivity contribution in [2.24, 2.45) is 0 Å². The molecular weight excluding hydrogens is 371 g/mol. The van der Waals surface area contributed by atoms with E-state index < -0.39 is 0 Å². The van der Waals surface area contributed by atoms with Crippen LogP contribution in [0.4, 0.5) is 16.2 Å². The number of amides is 2. The molecule has 0 unspecified atom stereocenters. The number of rotatable bonds is 3. The molecule has 5 nitrogen and oxygen atoms in total. The van der Waals surface area contributed by atoms with Crippen molar-refractivity contribution in [2.45, 2.75) is 20.8 Å². The van der Waals surface area contributed by atoms with Gasteiger partial charge < -0.3 is 10.6 Å². The summed E-state index contributed by atoms with van der Waals surface area (Å²) in [5, 5.41) is 10.9. The minimum absolute atomic E-state index is 0.377. The van der Waals surface area contributed by atoms with Crippen LogP contribution in [0, 0.1) is 20.8 Å². The third-order valence-corrected chi connectivity index (χ3v) is 4.72. The minimum atomic E-state index is -0.377. The molecule has 0 aliphatic carbocycles. The van der Waals surface area contributed by atoms with Crippen LogP contribution in [0.25, 0.3) is 5.69 Å². The molecule has 0 aliphatic rings. The number of aromatic nitrogens is 2. The molecule has 0 aliphatic heterocycles. The Hall–Kier alpha value is -2.50. The lowest BCUT2D eigenvalue weighted by atomic mass is 10.2. The summed E-state index contributed by atoms with van der Waals surface area (Å²) in [7, 11) is 0. The van der Waals surface area contributed by atoms with E-state index in [-0.39, 0.29) is 6.03 Å². The average Bonchev–Trinajstić information content (AvgIpc) is 2.87. The standard InChI is InChI=1S/C19H18Cl2N4O/c1-11-4-7-15(8-5-11)25-13(3)18(12(2)24-25)23-19(26)22-14-6-9-16(20)17(21)10-14/h4-10H,1-3H3,(H2,22,23,26). The summed E-state index contributed by atoms with van der Waals surface area (Å²) in [5.41, 5.74) is 4.91. The van der Waals surface area contributed by atoms with E-state index in [4.69, 9.17) is 23.2 Å². The number of aryl methyl sites for hydroxylation is 2. The van der Waals surface area contributed by atoms with Crippen molar-refractivity contribution in [3.8, 4) is 5.69 Å². The highest BCUT2D eigenvalue weighted by Gasteiger charge is 2.15. The van der Waals surface area contributed by atoms with Gasteiger partial charge in [0.1, 0.15) is 0 Å². The molecule has 0 fully saturated rings. The molecule has 0 saturated heterocycles. The zero-order valence-corrected chi connectivity index (χ0v) is 16.1. The Labute approximate surface area is 161 Å². The monoisotopic (exact) mass is 388 g/mol. The van der Waals surface area contributed by atoms with Gasteiger partial charge in [0.25, 0.3) is 0 Å². The number of nitrogens with one attached hydrogen (secondary N) is 2. The van der Waals surface area contributed by atoms with Crippen LogP contribution >= 0.6 is 23.2 Å². The first-order chi connectivity index (χ1) is 12.3. The number of urea groups is 1. The predicted molar refractivity (Wildman–Crippen MR) is 107 cm³/mol. The number of hydrogen-bond donors (Lipinski definition) is 2. The highest BCUT2D eigenvalue weighted by atomic mass is 35.5. The Balaban J connectivity index is 1.80. The minimum Gasteiger partial charge on any atom is -0.308 e. The summed E-state index contributed by atoms with van der Waals surface area (Å²) < 4.78 is 1.81. The molecule has 2 amide bonds. The second kappa shape index (κ2) is 7.40. The summed E-state index contributed by atoms with van der Waals surface area (Å²) in [5.74, 6) is 0. The van der Waals surface area contributed by atoms with E-state index in [1.165, 1.54) is 5.56 Å². The highest BCUT2D eigenvalue weighted by molar-refractivity contribution is 6.42. The normalized spacial score (nSPS) is 10.7. The molecule has 0 saturated carbocycles. The number of carbonyl (C=O) groups is 1. The molecule has 26 heavy (non-hydrogen) atoms. The molecule has 134 valence electrons. The van der Waals surface area contributed by atoms with Crippen molar-refractivity contribution < 1.29 is 4.79 Å². The van der Waals surface area contributed by atoms with Gasteiger partial charge in [0.05, 0.1) is 32.8 Å². The van der Waals surface area contributed by atoms with Crippen LogP contribution < -0.4 is 10.6 Å². The second-order valence-corrected chi connectivity index (χ2v) is 6.82. The molecule has 3 aromatic rings. The summed E-state index contributed by atoms with van der Waals surface area (Å²) in [4.78, 5) is 12.3. The Morgan fingerprint density at radius 1 is 0.962 bits per heavy atom. The first-order valence-electron chi connectivity index (χ1n) is 8.01. The molecular formula is C19H18Cl2N4O. The van der Waals surface area contributed by atoms with Crippen LogP contribution in [0.15, 0.2) is 42.5 Å². The number of halogens is 2. The molecule has 1 aromatic heterocycles. The van der Waals surface area contributed by atoms with Gasteiger partial charge in [-0.2, -0.15) is 5.10 Å². The van der Waals surface area contributed by atoms with Gasteiger partial charge in [0.15, 0.2) is 0 Å². The summed E-state index contributed by atoms with van der Waals surface area (Å²) in [6.07, 6.45) is 0. The van der Waals surface area contributed by atoms with Crippen molar-refractivity contribution in [1.29, 1.82) is 0 Å². The van der Waals surface area contributed by atoms with Gasteiger partial charge in [-0.25, -0.2) is 9.48 Å². The molecule has 0 bridgehead atoms. The molecule has 0 spiro atoms. The van der Waals surface area contributed by atoms with Crippen LogP contribution in [0.3, 0.4) is 0 Å². The van der Waals surface area contributed by atoms with Crippen LogP contribution in [0.1, 0.15) is 17.0 Å². The number of hydrogen-bond acceptors (Lipinski definition) is 2. The molecule has 7 heteroatoms. The molecule has 0 atom stereocenters. The van der Waals surface area contributed by atoms with Crippen molar-refractivity contribution in [3.05, 3.63) is 69.5 Å². The maximum absolute atomic E-state index is 12.3. The second-order valence-electron chi connectivity index (χ2n) is 6.00. The summed E-state index contributed by atoms with van der Waals surface area (Å²) >= 11 is 11.9. The van der Waals surface area contributed by atoms with E-state index >= 15 is 0 Å². The zero-order valence-electron chi connectivity index (χ0n) is 14.6. The molecule has 2 aromatic carbocycles. The Bertz CT molecular complexity index is 964. The van der Waals surface area contributed by atoms with Crippen LogP contribution in [-0.4, -0.2) is 15.8 Å². The lowest BCUT2D eigenvalue weighted by molar-refractivity contribution is 0.262. The van der Waals surface area contributed by atoms with E-state index in [1.807, 2.05) is 49.7 Å². The first-order valence-corrected chi connectivity index (χ1v) is 8.77. The fourth-order valence-electron chi connectivity index (χ4n) is 2.61. The Morgan fingerprint density at radius 2 is 1.65 bits per heavy atom. The lowest BCUT2D eigenvalue weighted by Crippen LogP contribution is -2.20. The fourth-order valence-corrected chi connectivity index (χ4v) is 2.91. The van der Waals surface area contributed by atoms with Crippen molar-refractivity contribution in [1.82, 2.24) is 9.78 Å². The lowest BCUT2D eigenvalue weighted by Gasteiger charge is -2.09. The van der Waals surface area contributed by atoms with E-state index in [9.17, 15) is 4.79 Å². The van der Waals surface area contributed by atoms with Gasteiger partial charge in [-0.15, -0.1) is 0 Å². The van der Waals surface area contributed by atoms with E-state index in [2.05, 4.69) is 15.7 Å². The van der Waals surface area contributed by atoms with Crippen LogP contribution in [0.2, 0.25) is 10.0 Å². The smallest absolute Gasteiger partial charge is 0.308 e. The third-order valence-electron chi connectivity index (χ3n) is 3.99. The molecule has 3 rings (SSSR count). The summed E-state index contributed by atoms with van der Waals surface area (Å²) in [6.45, 7) is 5.80. The van der Waals surface area contributed by atoms with Crippen molar-refractivity contribution >= 4 is 40.6 Å². The largest absolute Gasteiger partial charge is 0.323 e. The summed E-state index contributed by atoms with van der Waals surface area (Å²) in [6, 6.07) is 12.6. The Morgan fingerprint density at radius 3 is 2.31 bits per heavy atom. The average molecular weight is 389 g/mol. The Kier molecular flexibility index (Phi) is 5.20. The van der Waals surface area contributed by atoms with Gasteiger partial charge in [-0.1, -0.05) is 40.9 Å². The van der Waals surface area contributed by atoms with Crippen LogP contribution in [0.5, 0.6) is 0 Å². The van der Waals surface area contributed by atoms with Gasteiger partial charge in [-0.05, 0) is 51.1 Å². The fraction of sp³-hybridized carbons (Fsp3) is 0.158. The van der Waals surface area contributed by atoms with E-state index in [0.29, 0.717) is 21.4 Å². The van der Waals surface area contributed by atoms with Gasteiger partial charge >= 0.3 is 6.03 Å². The quantitative estimate of drug-likeness (QED) is 0.599. The van der Waals surface area contributed by atoms with Gasteiger partial charge in [0.2, 0.25) is 0 Å². The number of nitrogens with zero attached hydrogens (tertiary/aromatic N) is 2. The van der Waals surface area contributed by atoms with Gasteiger partial charge in [0, 0.05) is 5.69 Å². The maximum atomic E-state index is 12.3. The maximum Gasteiger partial charge on any atom is 0.323 e. The zero-order chi connectivity index (χ0) is 18.8. The van der Waals surface area contributed by atoms with E-state index in [0.717, 1.165) is 17.1 Å².